The van der Waals surface area contributed by atoms with E-state index in [4.69, 9.17) is 0 Å². The second kappa shape index (κ2) is 5.38. The van der Waals surface area contributed by atoms with Gasteiger partial charge in [-0.1, -0.05) is 20.3 Å². The van der Waals surface area contributed by atoms with Crippen molar-refractivity contribution in [3.8, 4) is 0 Å². The average molecular weight is 238 g/mol. The van der Waals surface area contributed by atoms with Gasteiger partial charge in [0.1, 0.15) is 0 Å². The lowest BCUT2D eigenvalue weighted by molar-refractivity contribution is -0.138. The van der Waals surface area contributed by atoms with Crippen LogP contribution in [-0.2, 0) is 4.79 Å². The summed E-state index contributed by atoms with van der Waals surface area (Å²) in [6.45, 7) is 9.75. The molecule has 0 bridgehead atoms. The van der Waals surface area contributed by atoms with Gasteiger partial charge in [0, 0.05) is 13.1 Å². The first kappa shape index (κ1) is 12.9. The smallest absolute Gasteiger partial charge is 0.228 e. The summed E-state index contributed by atoms with van der Waals surface area (Å²) >= 11 is 0. The van der Waals surface area contributed by atoms with E-state index in [1.807, 2.05) is 0 Å². The first-order chi connectivity index (χ1) is 8.22. The lowest BCUT2D eigenvalue weighted by atomic mass is 9.77. The fourth-order valence-corrected chi connectivity index (χ4v) is 3.22. The highest BCUT2D eigenvalue weighted by molar-refractivity contribution is 5.85. The lowest BCUT2D eigenvalue weighted by Gasteiger charge is -2.37. The first-order valence-electron chi connectivity index (χ1n) is 7.23. The Hall–Kier alpha value is -0.570. The van der Waals surface area contributed by atoms with E-state index >= 15 is 0 Å². The largest absolute Gasteiger partial charge is 0.342 e. The predicted molar refractivity (Wildman–Crippen MR) is 69.9 cm³/mol. The molecule has 3 nitrogen and oxygen atoms in total. The van der Waals surface area contributed by atoms with Gasteiger partial charge in [0.25, 0.3) is 0 Å². The van der Waals surface area contributed by atoms with Gasteiger partial charge in [-0.2, -0.15) is 0 Å². The number of hydrogen-bond acceptors (Lipinski definition) is 2. The van der Waals surface area contributed by atoms with E-state index in [-0.39, 0.29) is 5.41 Å². The minimum atomic E-state index is 0.0272. The van der Waals surface area contributed by atoms with Crippen LogP contribution >= 0.6 is 0 Å². The standard InChI is InChI=1S/C14H26N2O/c1-3-5-9-16-12-8-14(13(16)17)6-10-15(4-2)11-7-14/h3-12H2,1-2H3. The lowest BCUT2D eigenvalue weighted by Crippen LogP contribution is -2.44. The molecule has 2 heterocycles. The van der Waals surface area contributed by atoms with E-state index < -0.39 is 0 Å². The van der Waals surface area contributed by atoms with E-state index in [0.717, 1.165) is 58.4 Å². The third-order valence-electron chi connectivity index (χ3n) is 4.64. The quantitative estimate of drug-likeness (QED) is 0.749. The van der Waals surface area contributed by atoms with Crippen molar-refractivity contribution < 1.29 is 4.79 Å². The maximum absolute atomic E-state index is 12.5. The van der Waals surface area contributed by atoms with Crippen LogP contribution in [0.4, 0.5) is 0 Å². The summed E-state index contributed by atoms with van der Waals surface area (Å²) < 4.78 is 0. The Balaban J connectivity index is 1.92. The number of carbonyl (C=O) groups excluding carboxylic acids is 1. The number of likely N-dealkylation sites (tertiary alicyclic amines) is 2. The van der Waals surface area contributed by atoms with Gasteiger partial charge in [0.05, 0.1) is 5.41 Å². The molecule has 1 spiro atoms. The van der Waals surface area contributed by atoms with Crippen LogP contribution in [-0.4, -0.2) is 48.4 Å². The van der Waals surface area contributed by atoms with E-state index in [1.54, 1.807) is 0 Å². The number of amides is 1. The van der Waals surface area contributed by atoms with Crippen LogP contribution in [0.5, 0.6) is 0 Å². The van der Waals surface area contributed by atoms with Gasteiger partial charge in [0.15, 0.2) is 0 Å². The summed E-state index contributed by atoms with van der Waals surface area (Å²) in [7, 11) is 0. The maximum Gasteiger partial charge on any atom is 0.228 e. The normalized spacial score (nSPS) is 24.8. The molecule has 2 fully saturated rings. The highest BCUT2D eigenvalue weighted by Crippen LogP contribution is 2.41. The Kier molecular flexibility index (Phi) is 4.08. The third kappa shape index (κ3) is 2.49. The van der Waals surface area contributed by atoms with Crippen molar-refractivity contribution in [1.29, 1.82) is 0 Å². The molecule has 0 aromatic carbocycles. The Labute approximate surface area is 105 Å². The zero-order chi connectivity index (χ0) is 12.3. The van der Waals surface area contributed by atoms with E-state index in [1.165, 1.54) is 6.42 Å². The van der Waals surface area contributed by atoms with Gasteiger partial charge in [-0.25, -0.2) is 0 Å². The van der Waals surface area contributed by atoms with Crippen molar-refractivity contribution in [2.75, 3.05) is 32.7 Å². The van der Waals surface area contributed by atoms with Crippen molar-refractivity contribution in [3.05, 3.63) is 0 Å². The van der Waals surface area contributed by atoms with Crippen LogP contribution in [0.15, 0.2) is 0 Å². The van der Waals surface area contributed by atoms with Gasteiger partial charge < -0.3 is 9.80 Å². The third-order valence-corrected chi connectivity index (χ3v) is 4.64. The molecule has 0 aromatic heterocycles. The summed E-state index contributed by atoms with van der Waals surface area (Å²) in [5, 5.41) is 0. The first-order valence-corrected chi connectivity index (χ1v) is 7.23. The fourth-order valence-electron chi connectivity index (χ4n) is 3.22. The molecule has 2 rings (SSSR count). The molecule has 3 heteroatoms. The van der Waals surface area contributed by atoms with Crippen molar-refractivity contribution >= 4 is 5.91 Å². The van der Waals surface area contributed by atoms with Crippen molar-refractivity contribution in [3.63, 3.8) is 0 Å². The van der Waals surface area contributed by atoms with E-state index in [0.29, 0.717) is 5.91 Å². The highest BCUT2D eigenvalue weighted by Gasteiger charge is 2.47. The van der Waals surface area contributed by atoms with Gasteiger partial charge >= 0.3 is 0 Å². The molecule has 2 saturated heterocycles. The molecule has 0 N–H and O–H groups in total. The number of hydrogen-bond donors (Lipinski definition) is 0. The molecule has 17 heavy (non-hydrogen) atoms. The summed E-state index contributed by atoms with van der Waals surface area (Å²) in [6, 6.07) is 0. The van der Waals surface area contributed by atoms with Crippen LogP contribution < -0.4 is 0 Å². The monoisotopic (exact) mass is 238 g/mol. The number of piperidine rings is 1. The van der Waals surface area contributed by atoms with Crippen LogP contribution in [0, 0.1) is 5.41 Å². The van der Waals surface area contributed by atoms with Gasteiger partial charge in [-0.05, 0) is 45.3 Å². The zero-order valence-corrected chi connectivity index (χ0v) is 11.4. The molecule has 0 aromatic rings. The molecule has 2 aliphatic heterocycles. The molecule has 0 radical (unpaired) electrons. The second-order valence-corrected chi connectivity index (χ2v) is 5.61. The molecular formula is C14H26N2O. The number of carbonyl (C=O) groups is 1. The number of unbranched alkanes of at least 4 members (excludes halogenated alkanes) is 1. The fraction of sp³-hybridized carbons (Fsp3) is 0.929. The van der Waals surface area contributed by atoms with Crippen molar-refractivity contribution in [2.24, 2.45) is 5.41 Å². The Morgan fingerprint density at radius 1 is 1.12 bits per heavy atom. The Morgan fingerprint density at radius 3 is 2.35 bits per heavy atom. The summed E-state index contributed by atoms with van der Waals surface area (Å²) in [5.74, 6) is 0.460. The number of rotatable bonds is 4. The molecule has 1 amide bonds. The van der Waals surface area contributed by atoms with Crippen molar-refractivity contribution in [1.82, 2.24) is 9.80 Å². The van der Waals surface area contributed by atoms with Crippen LogP contribution in [0.1, 0.15) is 46.0 Å². The van der Waals surface area contributed by atoms with Gasteiger partial charge in [-0.15, -0.1) is 0 Å². The summed E-state index contributed by atoms with van der Waals surface area (Å²) in [5.41, 5.74) is 0.0272. The topological polar surface area (TPSA) is 23.6 Å². The molecule has 0 unspecified atom stereocenters. The molecule has 0 aliphatic carbocycles. The minimum Gasteiger partial charge on any atom is -0.342 e. The van der Waals surface area contributed by atoms with Crippen LogP contribution in [0.3, 0.4) is 0 Å². The van der Waals surface area contributed by atoms with Crippen molar-refractivity contribution in [2.45, 2.75) is 46.0 Å². The summed E-state index contributed by atoms with van der Waals surface area (Å²) in [6.07, 6.45) is 5.61. The summed E-state index contributed by atoms with van der Waals surface area (Å²) in [4.78, 5) is 17.1. The average Bonchev–Trinajstić information content (AvgIpc) is 2.66. The molecule has 2 aliphatic rings. The molecule has 0 saturated carbocycles. The minimum absolute atomic E-state index is 0.0272. The van der Waals surface area contributed by atoms with E-state index in [9.17, 15) is 4.79 Å². The highest BCUT2D eigenvalue weighted by atomic mass is 16.2. The predicted octanol–water partition coefficient (Wildman–Crippen LogP) is 2.12. The van der Waals surface area contributed by atoms with Crippen LogP contribution in [0.25, 0.3) is 0 Å². The van der Waals surface area contributed by atoms with Crippen LogP contribution in [0.2, 0.25) is 0 Å². The second-order valence-electron chi connectivity index (χ2n) is 5.61. The molecule has 98 valence electrons. The molecule has 0 atom stereocenters. The van der Waals surface area contributed by atoms with E-state index in [2.05, 4.69) is 23.6 Å². The Bertz CT molecular complexity index is 269. The number of nitrogens with zero attached hydrogens (tertiary/aromatic N) is 2. The SMILES string of the molecule is CCCCN1CCC2(CCN(CC)CC2)C1=O. The maximum atomic E-state index is 12.5. The van der Waals surface area contributed by atoms with Gasteiger partial charge in [0.2, 0.25) is 5.91 Å². The van der Waals surface area contributed by atoms with Gasteiger partial charge in [-0.3, -0.25) is 4.79 Å². The Morgan fingerprint density at radius 2 is 1.76 bits per heavy atom. The molecular weight excluding hydrogens is 212 g/mol. The zero-order valence-electron chi connectivity index (χ0n) is 11.4.